The van der Waals surface area contributed by atoms with E-state index in [4.69, 9.17) is 18.8 Å². The minimum atomic E-state index is -0.633. The molecule has 242 valence electrons. The molecular weight excluding hydrogens is 860 g/mol. The Hall–Kier alpha value is -2.60. The normalized spacial score (nSPS) is 15.3. The fourth-order valence-corrected chi connectivity index (χ4v) is 6.76. The fraction of sp³-hybridized carbons (Fsp3) is 0.212. The zero-order valence-electron chi connectivity index (χ0n) is 24.3. The van der Waals surface area contributed by atoms with Gasteiger partial charge in [-0.1, -0.05) is 54.6 Å². The molecule has 0 radical (unpaired) electrons. The molecule has 0 spiro atoms. The molecule has 13 heteroatoms. The van der Waals surface area contributed by atoms with Gasteiger partial charge in [-0.25, -0.2) is 18.5 Å². The van der Waals surface area contributed by atoms with Crippen LogP contribution < -0.4 is 9.92 Å². The molecule has 1 aliphatic heterocycles. The summed E-state index contributed by atoms with van der Waals surface area (Å²) in [5, 5.41) is 0. The molecule has 46 heavy (non-hydrogen) atoms. The van der Waals surface area contributed by atoms with E-state index in [-0.39, 0.29) is 30.3 Å². The third-order valence-electron chi connectivity index (χ3n) is 7.22. The fourth-order valence-electron chi connectivity index (χ4n) is 4.90. The summed E-state index contributed by atoms with van der Waals surface area (Å²) >= 11 is 4.10. The van der Waals surface area contributed by atoms with Crippen LogP contribution in [0, 0.1) is 17.6 Å². The summed E-state index contributed by atoms with van der Waals surface area (Å²) < 4.78 is 42.2. The molecule has 1 heterocycles. The van der Waals surface area contributed by atoms with E-state index >= 15 is 0 Å². The molecule has 5 rings (SSSR count). The van der Waals surface area contributed by atoms with Crippen molar-refractivity contribution in [2.45, 2.75) is 31.4 Å². The molecule has 4 aromatic carbocycles. The van der Waals surface area contributed by atoms with Crippen LogP contribution in [-0.2, 0) is 20.1 Å². The van der Waals surface area contributed by atoms with E-state index in [1.54, 1.807) is 12.1 Å². The predicted octanol–water partition coefficient (Wildman–Crippen LogP) is 10.0. The first-order chi connectivity index (χ1) is 22.3. The van der Waals surface area contributed by atoms with Gasteiger partial charge < -0.3 is 14.7 Å². The molecule has 1 saturated heterocycles. The lowest BCUT2D eigenvalue weighted by Crippen LogP contribution is -2.39. The van der Waals surface area contributed by atoms with Crippen LogP contribution in [0.5, 0.6) is 5.75 Å². The summed E-state index contributed by atoms with van der Waals surface area (Å²) in [5.41, 5.74) is 8.46. The number of rotatable bonds is 12. The van der Waals surface area contributed by atoms with Crippen LogP contribution in [0.3, 0.4) is 0 Å². The van der Waals surface area contributed by atoms with Crippen molar-refractivity contribution in [3.05, 3.63) is 131 Å². The van der Waals surface area contributed by atoms with Gasteiger partial charge in [-0.05, 0) is 84.5 Å². The van der Waals surface area contributed by atoms with Gasteiger partial charge in [-0.15, -0.1) is 0 Å². The zero-order chi connectivity index (χ0) is 32.9. The van der Waals surface area contributed by atoms with Gasteiger partial charge in [0.15, 0.2) is 0 Å². The van der Waals surface area contributed by atoms with Gasteiger partial charge in [0.25, 0.3) is 0 Å². The number of carbonyl (C=O) groups excluding carboxylic acids is 2. The lowest BCUT2D eigenvalue weighted by atomic mass is 9.90. The number of imide groups is 1. The molecule has 0 aliphatic carbocycles. The second-order valence-corrected chi connectivity index (χ2v) is 13.0. The number of nitrogens with two attached hydrogens (primary N) is 1. The van der Waals surface area contributed by atoms with Gasteiger partial charge in [0.2, 0.25) is 5.91 Å². The number of hydrogen-bond donors (Lipinski definition) is 1. The SMILES string of the molecule is Nc1ccc(F)cc1.O=C1OCC(c2ccccc2)N1C(=O)C(CCC(OSI)c1ccc(F)cc1)Cc1ccc(OSI)cc1. The Balaban J connectivity index is 0.000000523. The quantitative estimate of drug-likeness (QED) is 0.0855. The number of anilines is 1. The largest absolute Gasteiger partial charge is 0.446 e. The van der Waals surface area contributed by atoms with Gasteiger partial charge >= 0.3 is 6.09 Å². The second-order valence-electron chi connectivity index (χ2n) is 10.2. The number of hydrogen-bond acceptors (Lipinski definition) is 8. The van der Waals surface area contributed by atoms with Crippen LogP contribution in [0.4, 0.5) is 19.3 Å². The summed E-state index contributed by atoms with van der Waals surface area (Å²) in [7, 11) is 2.42. The van der Waals surface area contributed by atoms with Gasteiger partial charge in [0.1, 0.15) is 39.2 Å². The standard InChI is InChI=1S/C27H24FI2NO5S2.C6H6FN/c28-22-11-8-20(9-12-22)25(36-38-30)15-10-21(16-18-6-13-23(14-7-18)35-37-29)26(32)31-24(17-34-27(31)33)19-4-2-1-3-5-19;7-5-1-3-6(8)4-2-5/h1-9,11-14,21,24-25H,10,15-17H2;1-4H,8H2. The maximum absolute atomic E-state index is 14.0. The number of amides is 2. The first-order valence-corrected chi connectivity index (χ1v) is 20.7. The Bertz CT molecular complexity index is 1520. The first kappa shape index (κ1) is 36.2. The van der Waals surface area contributed by atoms with Crippen molar-refractivity contribution in [3.8, 4) is 5.75 Å². The topological polar surface area (TPSA) is 91.1 Å². The van der Waals surface area contributed by atoms with Gasteiger partial charge in [-0.2, -0.15) is 0 Å². The lowest BCUT2D eigenvalue weighted by molar-refractivity contribution is -0.133. The number of benzene rings is 4. The smallest absolute Gasteiger partial charge is 0.417 e. The van der Waals surface area contributed by atoms with E-state index in [2.05, 4.69) is 21.2 Å². The third-order valence-corrected chi connectivity index (χ3v) is 8.94. The molecular formula is C33H30F2I2N2O5S2. The summed E-state index contributed by atoms with van der Waals surface area (Å²) in [5.74, 6) is -0.658. The lowest BCUT2D eigenvalue weighted by Gasteiger charge is -2.26. The van der Waals surface area contributed by atoms with Crippen LogP contribution in [-0.4, -0.2) is 23.5 Å². The van der Waals surface area contributed by atoms with Crippen molar-refractivity contribution in [1.82, 2.24) is 4.90 Å². The highest BCUT2D eigenvalue weighted by atomic mass is 127. The molecule has 1 fully saturated rings. The van der Waals surface area contributed by atoms with E-state index in [9.17, 15) is 18.4 Å². The number of nitrogen functional groups attached to an aromatic ring is 1. The molecule has 0 saturated carbocycles. The maximum atomic E-state index is 14.0. The van der Waals surface area contributed by atoms with E-state index in [1.807, 2.05) is 75.8 Å². The molecule has 0 bridgehead atoms. The summed E-state index contributed by atoms with van der Waals surface area (Å²) in [4.78, 5) is 28.0. The van der Waals surface area contributed by atoms with Crippen LogP contribution in [0.25, 0.3) is 0 Å². The number of carbonyl (C=O) groups is 2. The number of halogens is 4. The molecule has 7 nitrogen and oxygen atoms in total. The van der Waals surface area contributed by atoms with Crippen LogP contribution in [0.15, 0.2) is 103 Å². The Morgan fingerprint density at radius 2 is 1.52 bits per heavy atom. The Morgan fingerprint density at radius 1 is 0.891 bits per heavy atom. The summed E-state index contributed by atoms with van der Waals surface area (Å²) in [6.45, 7) is 0.119. The number of nitrogens with zero attached hydrogens (tertiary/aromatic N) is 1. The Morgan fingerprint density at radius 3 is 2.11 bits per heavy atom. The molecule has 0 aromatic heterocycles. The summed E-state index contributed by atoms with van der Waals surface area (Å²) in [6.07, 6.45) is 0.398. The molecule has 3 atom stereocenters. The van der Waals surface area contributed by atoms with Crippen molar-refractivity contribution >= 4 is 78.5 Å². The average molecular weight is 891 g/mol. The first-order valence-electron chi connectivity index (χ1n) is 14.1. The third kappa shape index (κ3) is 10.7. The number of ether oxygens (including phenoxy) is 1. The van der Waals surface area contributed by atoms with Gasteiger partial charge in [0, 0.05) is 54.0 Å². The van der Waals surface area contributed by atoms with Crippen molar-refractivity contribution in [2.24, 2.45) is 5.92 Å². The van der Waals surface area contributed by atoms with E-state index in [1.165, 1.54) is 59.7 Å². The molecule has 2 amide bonds. The molecule has 2 N–H and O–H groups in total. The monoisotopic (exact) mass is 890 g/mol. The van der Waals surface area contributed by atoms with Crippen LogP contribution in [0.2, 0.25) is 0 Å². The van der Waals surface area contributed by atoms with E-state index in [0.717, 1.165) is 16.7 Å². The highest BCUT2D eigenvalue weighted by molar-refractivity contribution is 14.2. The Labute approximate surface area is 299 Å². The second kappa shape index (κ2) is 18.7. The molecule has 4 aromatic rings. The zero-order valence-corrected chi connectivity index (χ0v) is 30.2. The van der Waals surface area contributed by atoms with Crippen LogP contribution in [0.1, 0.15) is 41.7 Å². The van der Waals surface area contributed by atoms with E-state index in [0.29, 0.717) is 30.7 Å². The molecule has 1 aliphatic rings. The Kier molecular flexibility index (Phi) is 14.7. The molecule has 3 unspecified atom stereocenters. The van der Waals surface area contributed by atoms with Gasteiger partial charge in [-0.3, -0.25) is 8.98 Å². The maximum Gasteiger partial charge on any atom is 0.417 e. The van der Waals surface area contributed by atoms with Crippen molar-refractivity contribution in [2.75, 3.05) is 12.3 Å². The average Bonchev–Trinajstić information content (AvgIpc) is 3.46. The summed E-state index contributed by atoms with van der Waals surface area (Å²) in [6, 6.07) is 28.4. The van der Waals surface area contributed by atoms with Gasteiger partial charge in [0.05, 0.1) is 15.3 Å². The van der Waals surface area contributed by atoms with Crippen molar-refractivity contribution < 1.29 is 31.5 Å². The highest BCUT2D eigenvalue weighted by Crippen LogP contribution is 2.35. The van der Waals surface area contributed by atoms with Crippen molar-refractivity contribution in [3.63, 3.8) is 0 Å². The predicted molar refractivity (Wildman–Crippen MR) is 195 cm³/mol. The minimum absolute atomic E-state index is 0.119. The number of cyclic esters (lactones) is 1. The highest BCUT2D eigenvalue weighted by Gasteiger charge is 2.41. The van der Waals surface area contributed by atoms with E-state index < -0.39 is 18.1 Å². The van der Waals surface area contributed by atoms with Crippen molar-refractivity contribution in [1.29, 1.82) is 0 Å². The minimum Gasteiger partial charge on any atom is -0.446 e. The van der Waals surface area contributed by atoms with Crippen LogP contribution >= 0.6 is 60.8 Å².